The Bertz CT molecular complexity index is 747. The van der Waals surface area contributed by atoms with Crippen LogP contribution >= 0.6 is 0 Å². The fourth-order valence-electron chi connectivity index (χ4n) is 2.50. The first-order chi connectivity index (χ1) is 10.8. The highest BCUT2D eigenvalue weighted by Gasteiger charge is 2.12. The lowest BCUT2D eigenvalue weighted by molar-refractivity contribution is 0.580. The van der Waals surface area contributed by atoms with Crippen molar-refractivity contribution in [2.75, 3.05) is 7.05 Å². The number of aromatic nitrogens is 3. The maximum absolute atomic E-state index is 4.70. The number of aryl methyl sites for hydroxylation is 1. The van der Waals surface area contributed by atoms with Crippen molar-refractivity contribution in [3.63, 3.8) is 0 Å². The molecule has 0 aliphatic rings. The van der Waals surface area contributed by atoms with Crippen LogP contribution in [-0.2, 0) is 13.1 Å². The van der Waals surface area contributed by atoms with Crippen LogP contribution in [0.4, 0.5) is 0 Å². The molecule has 4 nitrogen and oxygen atoms in total. The Morgan fingerprint density at radius 1 is 0.955 bits per heavy atom. The predicted octanol–water partition coefficient (Wildman–Crippen LogP) is 3.02. The molecule has 1 N–H and O–H groups in total. The summed E-state index contributed by atoms with van der Waals surface area (Å²) in [5.41, 5.74) is 5.53. The van der Waals surface area contributed by atoms with Gasteiger partial charge in [0.1, 0.15) is 11.4 Å². The van der Waals surface area contributed by atoms with Crippen LogP contribution in [0.25, 0.3) is 11.3 Å². The molecular weight excluding hydrogens is 272 g/mol. The zero-order valence-electron chi connectivity index (χ0n) is 13.0. The van der Waals surface area contributed by atoms with Gasteiger partial charge in [0.2, 0.25) is 0 Å². The second-order valence-electron chi connectivity index (χ2n) is 5.35. The van der Waals surface area contributed by atoms with Gasteiger partial charge in [0.05, 0.1) is 6.54 Å². The molecule has 0 aliphatic heterocycles. The van der Waals surface area contributed by atoms with Gasteiger partial charge in [-0.3, -0.25) is 0 Å². The Labute approximate surface area is 130 Å². The summed E-state index contributed by atoms with van der Waals surface area (Å²) in [6.45, 7) is 3.51. The van der Waals surface area contributed by atoms with Crippen LogP contribution in [0, 0.1) is 6.92 Å². The van der Waals surface area contributed by atoms with Crippen LogP contribution in [0.2, 0.25) is 0 Å². The lowest BCUT2D eigenvalue weighted by Gasteiger charge is -2.04. The van der Waals surface area contributed by atoms with Crippen molar-refractivity contribution in [3.05, 3.63) is 71.4 Å². The Morgan fingerprint density at radius 2 is 1.68 bits per heavy atom. The molecule has 1 heterocycles. The van der Waals surface area contributed by atoms with E-state index in [9.17, 15) is 0 Å². The van der Waals surface area contributed by atoms with Gasteiger partial charge in [-0.25, -0.2) is 0 Å². The molecule has 0 saturated heterocycles. The van der Waals surface area contributed by atoms with E-state index in [2.05, 4.69) is 53.7 Å². The van der Waals surface area contributed by atoms with Gasteiger partial charge in [-0.05, 0) is 25.1 Å². The molecule has 0 bridgehead atoms. The van der Waals surface area contributed by atoms with E-state index in [0.29, 0.717) is 13.1 Å². The van der Waals surface area contributed by atoms with Crippen molar-refractivity contribution < 1.29 is 0 Å². The summed E-state index contributed by atoms with van der Waals surface area (Å²) in [4.78, 5) is 1.79. The van der Waals surface area contributed by atoms with E-state index in [0.717, 1.165) is 17.0 Å². The van der Waals surface area contributed by atoms with Crippen molar-refractivity contribution in [1.82, 2.24) is 20.3 Å². The van der Waals surface area contributed by atoms with E-state index < -0.39 is 0 Å². The van der Waals surface area contributed by atoms with Gasteiger partial charge in [0, 0.05) is 12.1 Å². The third kappa shape index (κ3) is 3.07. The zero-order chi connectivity index (χ0) is 15.4. The van der Waals surface area contributed by atoms with Crippen molar-refractivity contribution >= 4 is 0 Å². The molecule has 4 heteroatoms. The van der Waals surface area contributed by atoms with E-state index in [1.165, 1.54) is 11.1 Å². The van der Waals surface area contributed by atoms with Crippen molar-refractivity contribution in [2.24, 2.45) is 0 Å². The molecule has 0 aliphatic carbocycles. The van der Waals surface area contributed by atoms with Crippen LogP contribution in [0.15, 0.2) is 54.6 Å². The molecule has 0 fully saturated rings. The lowest BCUT2D eigenvalue weighted by atomic mass is 10.1. The van der Waals surface area contributed by atoms with Crippen LogP contribution in [0.3, 0.4) is 0 Å². The van der Waals surface area contributed by atoms with Crippen molar-refractivity contribution in [2.45, 2.75) is 20.0 Å². The molecule has 22 heavy (non-hydrogen) atoms. The largest absolute Gasteiger partial charge is 0.314 e. The van der Waals surface area contributed by atoms with E-state index in [-0.39, 0.29) is 0 Å². The minimum Gasteiger partial charge on any atom is -0.314 e. The van der Waals surface area contributed by atoms with Gasteiger partial charge < -0.3 is 5.32 Å². The highest BCUT2D eigenvalue weighted by atomic mass is 15.5. The molecule has 1 aromatic heterocycles. The monoisotopic (exact) mass is 292 g/mol. The molecule has 2 aromatic carbocycles. The normalized spacial score (nSPS) is 10.8. The summed E-state index contributed by atoms with van der Waals surface area (Å²) < 4.78 is 0. The Balaban J connectivity index is 1.95. The fourth-order valence-corrected chi connectivity index (χ4v) is 2.50. The van der Waals surface area contributed by atoms with Gasteiger partial charge in [-0.1, -0.05) is 54.6 Å². The summed E-state index contributed by atoms with van der Waals surface area (Å²) in [6, 6.07) is 18.6. The quantitative estimate of drug-likeness (QED) is 0.786. The highest BCUT2D eigenvalue weighted by molar-refractivity contribution is 5.60. The number of nitrogens with zero attached hydrogens (tertiary/aromatic N) is 3. The molecule has 112 valence electrons. The van der Waals surface area contributed by atoms with Crippen molar-refractivity contribution in [1.29, 1.82) is 0 Å². The molecule has 0 unspecified atom stereocenters. The second kappa shape index (κ2) is 6.54. The van der Waals surface area contributed by atoms with E-state index in [1.54, 1.807) is 4.80 Å². The summed E-state index contributed by atoms with van der Waals surface area (Å²) in [7, 11) is 1.93. The first-order valence-corrected chi connectivity index (χ1v) is 7.46. The van der Waals surface area contributed by atoms with Gasteiger partial charge >= 0.3 is 0 Å². The third-order valence-corrected chi connectivity index (χ3v) is 3.69. The van der Waals surface area contributed by atoms with Gasteiger partial charge in [-0.15, -0.1) is 0 Å². The minimum atomic E-state index is 0.691. The Kier molecular flexibility index (Phi) is 4.30. The standard InChI is InChI=1S/C18H20N4/c1-14-8-6-7-11-16(14)13-22-20-17(12-19-2)18(21-22)15-9-4-3-5-10-15/h3-11,19H,12-13H2,1-2H3. The molecule has 0 atom stereocenters. The molecular formula is C18H20N4. The summed E-state index contributed by atoms with van der Waals surface area (Å²) in [5, 5.41) is 12.5. The Hall–Kier alpha value is -2.46. The maximum atomic E-state index is 4.70. The van der Waals surface area contributed by atoms with E-state index in [1.807, 2.05) is 25.2 Å². The second-order valence-corrected chi connectivity index (χ2v) is 5.35. The lowest BCUT2D eigenvalue weighted by Crippen LogP contribution is -2.08. The first kappa shape index (κ1) is 14.5. The first-order valence-electron chi connectivity index (χ1n) is 7.46. The molecule has 0 amide bonds. The smallest absolute Gasteiger partial charge is 0.117 e. The maximum Gasteiger partial charge on any atom is 0.117 e. The molecule has 0 radical (unpaired) electrons. The van der Waals surface area contributed by atoms with Crippen LogP contribution < -0.4 is 5.32 Å². The van der Waals surface area contributed by atoms with Crippen LogP contribution in [-0.4, -0.2) is 22.0 Å². The Morgan fingerprint density at radius 3 is 2.41 bits per heavy atom. The van der Waals surface area contributed by atoms with Crippen molar-refractivity contribution in [3.8, 4) is 11.3 Å². The summed E-state index contributed by atoms with van der Waals surface area (Å²) in [5.74, 6) is 0. The fraction of sp³-hybridized carbons (Fsp3) is 0.222. The number of benzene rings is 2. The number of hydrogen-bond donors (Lipinski definition) is 1. The van der Waals surface area contributed by atoms with E-state index in [4.69, 9.17) is 5.10 Å². The average molecular weight is 292 g/mol. The summed E-state index contributed by atoms with van der Waals surface area (Å²) >= 11 is 0. The van der Waals surface area contributed by atoms with Gasteiger partial charge in [-0.2, -0.15) is 15.0 Å². The highest BCUT2D eigenvalue weighted by Crippen LogP contribution is 2.20. The molecule has 0 saturated carbocycles. The SMILES string of the molecule is CNCc1nn(Cc2ccccc2C)nc1-c1ccccc1. The number of nitrogens with one attached hydrogen (secondary N) is 1. The van der Waals surface area contributed by atoms with E-state index >= 15 is 0 Å². The topological polar surface area (TPSA) is 42.7 Å². The van der Waals surface area contributed by atoms with Gasteiger partial charge in [0.25, 0.3) is 0 Å². The zero-order valence-corrected chi connectivity index (χ0v) is 13.0. The average Bonchev–Trinajstić information content (AvgIpc) is 2.94. The molecule has 3 aromatic rings. The summed E-state index contributed by atoms with van der Waals surface area (Å²) in [6.07, 6.45) is 0. The molecule has 0 spiro atoms. The van der Waals surface area contributed by atoms with Crippen LogP contribution in [0.5, 0.6) is 0 Å². The third-order valence-electron chi connectivity index (χ3n) is 3.69. The molecule has 3 rings (SSSR count). The minimum absolute atomic E-state index is 0.691. The predicted molar refractivity (Wildman–Crippen MR) is 88.5 cm³/mol. The number of hydrogen-bond acceptors (Lipinski definition) is 3. The van der Waals surface area contributed by atoms with Gasteiger partial charge in [0.15, 0.2) is 0 Å². The van der Waals surface area contributed by atoms with Crippen LogP contribution in [0.1, 0.15) is 16.8 Å². The number of rotatable bonds is 5.